The zero-order valence-electron chi connectivity index (χ0n) is 19.6. The lowest BCUT2D eigenvalue weighted by atomic mass is 9.88. The van der Waals surface area contributed by atoms with Gasteiger partial charge in [-0.05, 0) is 59.0 Å². The molecule has 1 amide bonds. The molecule has 1 saturated heterocycles. The maximum Gasteiger partial charge on any atom is 0.219 e. The van der Waals surface area contributed by atoms with E-state index >= 15 is 0 Å². The van der Waals surface area contributed by atoms with Crippen LogP contribution < -0.4 is 4.74 Å². The van der Waals surface area contributed by atoms with E-state index in [0.717, 1.165) is 36.5 Å². The molecule has 4 rings (SSSR count). The van der Waals surface area contributed by atoms with Crippen molar-refractivity contribution in [3.63, 3.8) is 0 Å². The number of amides is 1. The average molecular weight is 465 g/mol. The molecule has 0 bridgehead atoms. The lowest BCUT2D eigenvalue weighted by molar-refractivity contribution is -0.130. The molecule has 4 nitrogen and oxygen atoms in total. The van der Waals surface area contributed by atoms with Crippen LogP contribution in [0.3, 0.4) is 0 Å². The summed E-state index contributed by atoms with van der Waals surface area (Å²) in [5.74, 6) is 0.736. The highest BCUT2D eigenvalue weighted by Crippen LogP contribution is 2.35. The first-order valence-corrected chi connectivity index (χ1v) is 11.5. The lowest BCUT2D eigenvalue weighted by Crippen LogP contribution is -2.35. The Hall–Kier alpha value is -3.25. The number of benzene rings is 3. The smallest absolute Gasteiger partial charge is 0.219 e. The highest BCUT2D eigenvalue weighted by Gasteiger charge is 2.35. The third kappa shape index (κ3) is 6.00. The van der Waals surface area contributed by atoms with E-state index in [4.69, 9.17) is 4.74 Å². The fraction of sp³-hybridized carbons (Fsp3) is 0.321. The zero-order valence-corrected chi connectivity index (χ0v) is 19.6. The van der Waals surface area contributed by atoms with Gasteiger partial charge >= 0.3 is 0 Å². The van der Waals surface area contributed by atoms with Gasteiger partial charge in [-0.1, -0.05) is 36.4 Å². The summed E-state index contributed by atoms with van der Waals surface area (Å²) in [6, 6.07) is 21.0. The summed E-state index contributed by atoms with van der Waals surface area (Å²) in [4.78, 5) is 16.7. The van der Waals surface area contributed by atoms with Crippen molar-refractivity contribution in [1.29, 1.82) is 0 Å². The standard InChI is InChI=1S/C28H30F2N2O2/c1-20(33)32(16-22-5-11-26(30)12-6-22)18-24-17-31(15-21-3-9-25(29)10-4-21)19-28(24)23-7-13-27(34-2)14-8-23/h3-14,24,28H,15-19H2,1-2H3. The summed E-state index contributed by atoms with van der Waals surface area (Å²) in [5.41, 5.74) is 3.17. The fourth-order valence-corrected chi connectivity index (χ4v) is 4.75. The van der Waals surface area contributed by atoms with E-state index in [1.165, 1.54) is 29.8 Å². The van der Waals surface area contributed by atoms with Crippen LogP contribution in [0.4, 0.5) is 8.78 Å². The first kappa shape index (κ1) is 23.9. The molecule has 2 atom stereocenters. The predicted molar refractivity (Wildman–Crippen MR) is 128 cm³/mol. The van der Waals surface area contributed by atoms with Gasteiger partial charge in [-0.2, -0.15) is 0 Å². The van der Waals surface area contributed by atoms with E-state index < -0.39 is 0 Å². The van der Waals surface area contributed by atoms with E-state index in [1.54, 1.807) is 26.2 Å². The van der Waals surface area contributed by atoms with Crippen molar-refractivity contribution >= 4 is 5.91 Å². The number of hydrogen-bond acceptors (Lipinski definition) is 3. The number of halogens is 2. The third-order valence-corrected chi connectivity index (χ3v) is 6.57. The number of hydrogen-bond donors (Lipinski definition) is 0. The number of methoxy groups -OCH3 is 1. The highest BCUT2D eigenvalue weighted by atomic mass is 19.1. The second kappa shape index (κ2) is 10.8. The molecule has 2 unspecified atom stereocenters. The van der Waals surface area contributed by atoms with Gasteiger partial charge in [0.25, 0.3) is 0 Å². The van der Waals surface area contributed by atoms with Crippen LogP contribution in [0.5, 0.6) is 5.75 Å². The van der Waals surface area contributed by atoms with Crippen molar-refractivity contribution < 1.29 is 18.3 Å². The number of likely N-dealkylation sites (tertiary alicyclic amines) is 1. The molecule has 0 saturated carbocycles. The monoisotopic (exact) mass is 464 g/mol. The van der Waals surface area contributed by atoms with E-state index in [2.05, 4.69) is 17.0 Å². The summed E-state index contributed by atoms with van der Waals surface area (Å²) in [7, 11) is 1.65. The van der Waals surface area contributed by atoms with Crippen molar-refractivity contribution in [3.05, 3.63) is 101 Å². The van der Waals surface area contributed by atoms with Crippen molar-refractivity contribution in [2.24, 2.45) is 5.92 Å². The van der Waals surface area contributed by atoms with Crippen LogP contribution in [0.25, 0.3) is 0 Å². The van der Waals surface area contributed by atoms with Gasteiger partial charge in [0.15, 0.2) is 0 Å². The number of carbonyl (C=O) groups is 1. The van der Waals surface area contributed by atoms with Crippen LogP contribution in [0.1, 0.15) is 29.5 Å². The summed E-state index contributed by atoms with van der Waals surface area (Å²) in [6.07, 6.45) is 0. The van der Waals surface area contributed by atoms with Crippen molar-refractivity contribution in [1.82, 2.24) is 9.80 Å². The average Bonchev–Trinajstić information content (AvgIpc) is 3.23. The molecular formula is C28H30F2N2O2. The topological polar surface area (TPSA) is 32.8 Å². The minimum Gasteiger partial charge on any atom is -0.497 e. The molecule has 1 aliphatic heterocycles. The molecule has 3 aromatic rings. The second-order valence-electron chi connectivity index (χ2n) is 8.99. The molecular weight excluding hydrogens is 434 g/mol. The number of ether oxygens (including phenoxy) is 1. The summed E-state index contributed by atoms with van der Waals surface area (Å²) in [5, 5.41) is 0. The van der Waals surface area contributed by atoms with Crippen molar-refractivity contribution in [2.45, 2.75) is 25.9 Å². The minimum absolute atomic E-state index is 0.00482. The van der Waals surface area contributed by atoms with Gasteiger partial charge in [0.2, 0.25) is 5.91 Å². The number of rotatable bonds is 8. The summed E-state index contributed by atoms with van der Waals surface area (Å²) in [6.45, 7) is 5.01. The predicted octanol–water partition coefficient (Wildman–Crippen LogP) is 5.24. The van der Waals surface area contributed by atoms with Crippen LogP contribution in [-0.2, 0) is 17.9 Å². The Morgan fingerprint density at radius 1 is 0.912 bits per heavy atom. The molecule has 1 fully saturated rings. The van der Waals surface area contributed by atoms with Gasteiger partial charge < -0.3 is 9.64 Å². The van der Waals surface area contributed by atoms with Gasteiger partial charge in [-0.25, -0.2) is 8.78 Å². The minimum atomic E-state index is -0.287. The summed E-state index contributed by atoms with van der Waals surface area (Å²) >= 11 is 0. The molecule has 0 N–H and O–H groups in total. The molecule has 0 aromatic heterocycles. The van der Waals surface area contributed by atoms with E-state index in [0.29, 0.717) is 13.1 Å². The fourth-order valence-electron chi connectivity index (χ4n) is 4.75. The quantitative estimate of drug-likeness (QED) is 0.457. The summed E-state index contributed by atoms with van der Waals surface area (Å²) < 4.78 is 32.0. The molecule has 0 aliphatic carbocycles. The molecule has 1 heterocycles. The van der Waals surface area contributed by atoms with Crippen molar-refractivity contribution in [2.75, 3.05) is 26.7 Å². The molecule has 3 aromatic carbocycles. The molecule has 178 valence electrons. The number of nitrogens with zero attached hydrogens (tertiary/aromatic N) is 2. The Morgan fingerprint density at radius 3 is 2.06 bits per heavy atom. The van der Waals surface area contributed by atoms with E-state index in [1.807, 2.05) is 29.2 Å². The van der Waals surface area contributed by atoms with Crippen LogP contribution in [-0.4, -0.2) is 42.5 Å². The van der Waals surface area contributed by atoms with E-state index in [-0.39, 0.29) is 29.4 Å². The molecule has 0 spiro atoms. The van der Waals surface area contributed by atoms with Crippen LogP contribution in [0.15, 0.2) is 72.8 Å². The first-order valence-electron chi connectivity index (χ1n) is 11.5. The first-order chi connectivity index (χ1) is 16.4. The van der Waals surface area contributed by atoms with Crippen LogP contribution >= 0.6 is 0 Å². The maximum absolute atomic E-state index is 13.3. The number of carbonyl (C=O) groups excluding carboxylic acids is 1. The normalized spacial score (nSPS) is 18.1. The third-order valence-electron chi connectivity index (χ3n) is 6.57. The Bertz CT molecular complexity index is 1080. The molecule has 6 heteroatoms. The maximum atomic E-state index is 13.3. The lowest BCUT2D eigenvalue weighted by Gasteiger charge is -2.28. The zero-order chi connectivity index (χ0) is 24.1. The van der Waals surface area contributed by atoms with Gasteiger partial charge in [0, 0.05) is 45.6 Å². The molecule has 0 radical (unpaired) electrons. The van der Waals surface area contributed by atoms with Crippen molar-refractivity contribution in [3.8, 4) is 5.75 Å². The Morgan fingerprint density at radius 2 is 1.50 bits per heavy atom. The van der Waals surface area contributed by atoms with E-state index in [9.17, 15) is 13.6 Å². The van der Waals surface area contributed by atoms with Crippen LogP contribution in [0.2, 0.25) is 0 Å². The molecule has 34 heavy (non-hydrogen) atoms. The van der Waals surface area contributed by atoms with Gasteiger partial charge in [-0.15, -0.1) is 0 Å². The Kier molecular flexibility index (Phi) is 7.58. The van der Waals surface area contributed by atoms with Gasteiger partial charge in [0.05, 0.1) is 7.11 Å². The SMILES string of the molecule is COc1ccc(C2CN(Cc3ccc(F)cc3)CC2CN(Cc2ccc(F)cc2)C(C)=O)cc1. The Labute approximate surface area is 199 Å². The van der Waals surface area contributed by atoms with Gasteiger partial charge in [0.1, 0.15) is 17.4 Å². The largest absolute Gasteiger partial charge is 0.497 e. The Balaban J connectivity index is 1.53. The second-order valence-corrected chi connectivity index (χ2v) is 8.99. The van der Waals surface area contributed by atoms with Crippen LogP contribution in [0, 0.1) is 17.6 Å². The van der Waals surface area contributed by atoms with Gasteiger partial charge in [-0.3, -0.25) is 9.69 Å². The highest BCUT2D eigenvalue weighted by molar-refractivity contribution is 5.73. The molecule has 1 aliphatic rings.